The number of benzene rings is 1. The molecule has 0 saturated carbocycles. The van der Waals surface area contributed by atoms with Gasteiger partial charge in [-0.2, -0.15) is 22.0 Å². The van der Waals surface area contributed by atoms with Crippen molar-refractivity contribution in [3.8, 4) is 5.75 Å². The van der Waals surface area contributed by atoms with Crippen LogP contribution in [0.1, 0.15) is 22.9 Å². The van der Waals surface area contributed by atoms with Crippen molar-refractivity contribution in [2.24, 2.45) is 0 Å². The second-order valence-corrected chi connectivity index (χ2v) is 3.99. The summed E-state index contributed by atoms with van der Waals surface area (Å²) in [7, 11) is 0. The Morgan fingerprint density at radius 1 is 1.00 bits per heavy atom. The van der Waals surface area contributed by atoms with E-state index < -0.39 is 23.8 Å². The van der Waals surface area contributed by atoms with E-state index >= 15 is 0 Å². The third-order valence-corrected chi connectivity index (χ3v) is 2.50. The highest BCUT2D eigenvalue weighted by Gasteiger charge is 2.63. The summed E-state index contributed by atoms with van der Waals surface area (Å²) in [6, 6.07) is 1.54. The molecule has 0 saturated heterocycles. The maximum Gasteiger partial charge on any atom is 0.456 e. The van der Waals surface area contributed by atoms with Gasteiger partial charge in [-0.3, -0.25) is 0 Å². The third-order valence-electron chi connectivity index (χ3n) is 2.50. The van der Waals surface area contributed by atoms with Crippen molar-refractivity contribution in [3.63, 3.8) is 0 Å². The van der Waals surface area contributed by atoms with Crippen molar-refractivity contribution >= 4 is 0 Å². The van der Waals surface area contributed by atoms with Crippen LogP contribution in [0.15, 0.2) is 12.1 Å². The van der Waals surface area contributed by atoms with Gasteiger partial charge in [-0.1, -0.05) is 0 Å². The Kier molecular flexibility index (Phi) is 3.56. The normalized spacial score (nSPS) is 14.7. The molecule has 102 valence electrons. The summed E-state index contributed by atoms with van der Waals surface area (Å²) in [5.74, 6) is -5.73. The monoisotopic (exact) mass is 272 g/mol. The van der Waals surface area contributed by atoms with E-state index in [2.05, 4.69) is 0 Å². The molecule has 0 aliphatic rings. The minimum absolute atomic E-state index is 0.0330. The van der Waals surface area contributed by atoms with Gasteiger partial charge >= 0.3 is 12.1 Å². The Labute approximate surface area is 99.0 Å². The molecule has 0 radical (unpaired) electrons. The van der Waals surface area contributed by atoms with Crippen molar-refractivity contribution in [1.82, 2.24) is 0 Å². The quantitative estimate of drug-likeness (QED) is 0.799. The molecule has 1 unspecified atom stereocenters. The molecule has 7 heteroatoms. The van der Waals surface area contributed by atoms with Gasteiger partial charge in [0.2, 0.25) is 0 Å². The summed E-state index contributed by atoms with van der Waals surface area (Å²) < 4.78 is 75.0. The fraction of sp³-hybridized carbons (Fsp3) is 0.455. The van der Waals surface area contributed by atoms with Crippen LogP contribution in [0, 0.1) is 13.8 Å². The van der Waals surface area contributed by atoms with E-state index in [0.717, 1.165) is 12.1 Å². The molecule has 0 aromatic heterocycles. The fourth-order valence-electron chi connectivity index (χ4n) is 1.49. The first-order chi connectivity index (χ1) is 7.98. The van der Waals surface area contributed by atoms with Crippen molar-refractivity contribution < 1.29 is 31.4 Å². The first kappa shape index (κ1) is 14.7. The Hall–Kier alpha value is -1.40. The van der Waals surface area contributed by atoms with Crippen LogP contribution in [0.3, 0.4) is 0 Å². The molecule has 0 spiro atoms. The molecular formula is C11H10F6O. The molecule has 1 N–H and O–H groups in total. The zero-order chi connectivity index (χ0) is 14.3. The largest absolute Gasteiger partial charge is 0.507 e. The number of hydrogen-bond donors (Lipinski definition) is 1. The molecular weight excluding hydrogens is 262 g/mol. The predicted molar refractivity (Wildman–Crippen MR) is 52.4 cm³/mol. The van der Waals surface area contributed by atoms with Gasteiger partial charge < -0.3 is 5.11 Å². The fourth-order valence-corrected chi connectivity index (χ4v) is 1.49. The summed E-state index contributed by atoms with van der Waals surface area (Å²) in [5.41, 5.74) is -0.749. The third kappa shape index (κ3) is 2.39. The van der Waals surface area contributed by atoms with Crippen LogP contribution < -0.4 is 0 Å². The highest BCUT2D eigenvalue weighted by molar-refractivity contribution is 5.43. The first-order valence-corrected chi connectivity index (χ1v) is 4.87. The van der Waals surface area contributed by atoms with Crippen LogP contribution in [-0.2, 0) is 0 Å². The van der Waals surface area contributed by atoms with E-state index in [0.29, 0.717) is 0 Å². The van der Waals surface area contributed by atoms with E-state index in [-0.39, 0.29) is 16.9 Å². The van der Waals surface area contributed by atoms with Crippen LogP contribution in [0.25, 0.3) is 0 Å². The maximum atomic E-state index is 13.3. The van der Waals surface area contributed by atoms with Gasteiger partial charge in [0.1, 0.15) is 5.75 Å². The summed E-state index contributed by atoms with van der Waals surface area (Å²) in [6.45, 7) is 2.56. The second kappa shape index (κ2) is 4.37. The summed E-state index contributed by atoms with van der Waals surface area (Å²) in [6.07, 6.45) is -9.47. The molecule has 0 heterocycles. The Morgan fingerprint density at radius 2 is 1.39 bits per heavy atom. The molecule has 0 bridgehead atoms. The number of aryl methyl sites for hydroxylation is 2. The minimum atomic E-state index is -5.97. The van der Waals surface area contributed by atoms with Crippen LogP contribution >= 0.6 is 0 Å². The summed E-state index contributed by atoms with van der Waals surface area (Å²) in [5, 5.41) is 9.34. The molecule has 0 fully saturated rings. The number of halogens is 6. The number of rotatable bonds is 2. The summed E-state index contributed by atoms with van der Waals surface area (Å²) >= 11 is 0. The first-order valence-electron chi connectivity index (χ1n) is 4.87. The van der Waals surface area contributed by atoms with Crippen molar-refractivity contribution in [1.29, 1.82) is 0 Å². The predicted octanol–water partition coefficient (Wildman–Crippen LogP) is 4.22. The molecule has 0 amide bonds. The van der Waals surface area contributed by atoms with E-state index in [1.54, 1.807) is 0 Å². The van der Waals surface area contributed by atoms with Crippen LogP contribution in [0.5, 0.6) is 5.75 Å². The molecule has 1 nitrogen and oxygen atoms in total. The highest BCUT2D eigenvalue weighted by atomic mass is 19.4. The molecule has 1 atom stereocenters. The Bertz CT molecular complexity index is 428. The van der Waals surface area contributed by atoms with E-state index in [1.165, 1.54) is 13.8 Å². The SMILES string of the molecule is Cc1cc(C(F)C(F)(F)C(F)(F)F)cc(C)c1O. The average Bonchev–Trinajstić information content (AvgIpc) is 2.22. The van der Waals surface area contributed by atoms with E-state index in [1.807, 2.05) is 0 Å². The molecule has 1 aromatic carbocycles. The summed E-state index contributed by atoms with van der Waals surface area (Å²) in [4.78, 5) is 0. The second-order valence-electron chi connectivity index (χ2n) is 3.99. The molecule has 1 aromatic rings. The Balaban J connectivity index is 3.24. The zero-order valence-corrected chi connectivity index (χ0v) is 9.45. The smallest absolute Gasteiger partial charge is 0.456 e. The van der Waals surface area contributed by atoms with Gasteiger partial charge in [-0.25, -0.2) is 4.39 Å². The van der Waals surface area contributed by atoms with Crippen molar-refractivity contribution in [3.05, 3.63) is 28.8 Å². The zero-order valence-electron chi connectivity index (χ0n) is 9.45. The topological polar surface area (TPSA) is 20.2 Å². The van der Waals surface area contributed by atoms with Crippen LogP contribution in [-0.4, -0.2) is 17.2 Å². The lowest BCUT2D eigenvalue weighted by Crippen LogP contribution is -2.40. The van der Waals surface area contributed by atoms with E-state index in [4.69, 9.17) is 0 Å². The van der Waals surface area contributed by atoms with Gasteiger partial charge in [0.25, 0.3) is 0 Å². The number of hydrogen-bond acceptors (Lipinski definition) is 1. The van der Waals surface area contributed by atoms with Crippen molar-refractivity contribution in [2.75, 3.05) is 0 Å². The lowest BCUT2D eigenvalue weighted by atomic mass is 9.99. The lowest BCUT2D eigenvalue weighted by molar-refractivity contribution is -0.305. The van der Waals surface area contributed by atoms with Gasteiger partial charge in [-0.15, -0.1) is 0 Å². The highest BCUT2D eigenvalue weighted by Crippen LogP contribution is 2.47. The van der Waals surface area contributed by atoms with Gasteiger partial charge in [0, 0.05) is 0 Å². The van der Waals surface area contributed by atoms with Crippen LogP contribution in [0.2, 0.25) is 0 Å². The van der Waals surface area contributed by atoms with E-state index in [9.17, 15) is 31.4 Å². The standard InChI is InChI=1S/C11H10F6O/c1-5-3-7(4-6(2)8(5)18)9(12)10(13,14)11(15,16)17/h3-4,9,18H,1-2H3. The molecule has 0 aliphatic carbocycles. The maximum absolute atomic E-state index is 13.3. The molecule has 0 aliphatic heterocycles. The Morgan fingerprint density at radius 3 is 1.72 bits per heavy atom. The lowest BCUT2D eigenvalue weighted by Gasteiger charge is -2.24. The molecule has 1 rings (SSSR count). The number of phenolic OH excluding ortho intramolecular Hbond substituents is 1. The number of alkyl halides is 6. The number of aromatic hydroxyl groups is 1. The van der Waals surface area contributed by atoms with Crippen molar-refractivity contribution in [2.45, 2.75) is 32.1 Å². The van der Waals surface area contributed by atoms with Gasteiger partial charge in [-0.05, 0) is 42.7 Å². The number of phenols is 1. The average molecular weight is 272 g/mol. The van der Waals surface area contributed by atoms with Gasteiger partial charge in [0.15, 0.2) is 6.17 Å². The van der Waals surface area contributed by atoms with Gasteiger partial charge in [0.05, 0.1) is 0 Å². The minimum Gasteiger partial charge on any atom is -0.507 e. The molecule has 18 heavy (non-hydrogen) atoms. The van der Waals surface area contributed by atoms with Crippen LogP contribution in [0.4, 0.5) is 26.3 Å².